The Morgan fingerprint density at radius 1 is 1.28 bits per heavy atom. The average molecular weight is 503 g/mol. The number of amides is 1. The number of rotatable bonds is 5. The molecule has 0 spiro atoms. The van der Waals surface area contributed by atoms with E-state index in [0.717, 1.165) is 23.1 Å². The zero-order chi connectivity index (χ0) is 26.2. The summed E-state index contributed by atoms with van der Waals surface area (Å²) >= 11 is 0. The van der Waals surface area contributed by atoms with Crippen LogP contribution < -0.4 is 5.32 Å². The van der Waals surface area contributed by atoms with E-state index in [0.29, 0.717) is 31.0 Å². The summed E-state index contributed by atoms with van der Waals surface area (Å²) in [5, 5.41) is 24.1. The molecule has 1 fully saturated rings. The lowest BCUT2D eigenvalue weighted by Crippen LogP contribution is -2.43. The standard InChI is InChI=1S/C24H24F3N5O4/c1-13-7-16(5-6-31(13)23(33)34)15-3-4-21-18(8-15)12-28-22(30-21)29-14(2)17-9-19(24(25,26)27)11-20(10-17)32(35)36/h3-4,8-14,16H,5-7H2,1-2H3,(H,33,34)(H,28,29,30). The van der Waals surface area contributed by atoms with Crippen LogP contribution in [-0.2, 0) is 6.18 Å². The lowest BCUT2D eigenvalue weighted by Gasteiger charge is -2.36. The van der Waals surface area contributed by atoms with Gasteiger partial charge in [0.25, 0.3) is 5.69 Å². The number of hydrogen-bond acceptors (Lipinski definition) is 6. The number of piperidine rings is 1. The molecule has 1 aliphatic heterocycles. The fraction of sp³-hybridized carbons (Fsp3) is 0.375. The van der Waals surface area contributed by atoms with Crippen LogP contribution in [0.1, 0.15) is 55.3 Å². The van der Waals surface area contributed by atoms with Gasteiger partial charge in [0.2, 0.25) is 5.95 Å². The topological polar surface area (TPSA) is 121 Å². The largest absolute Gasteiger partial charge is 0.465 e. The predicted octanol–water partition coefficient (Wildman–Crippen LogP) is 5.98. The van der Waals surface area contributed by atoms with E-state index in [1.54, 1.807) is 13.1 Å². The van der Waals surface area contributed by atoms with Gasteiger partial charge in [-0.15, -0.1) is 0 Å². The van der Waals surface area contributed by atoms with Crippen molar-refractivity contribution in [2.75, 3.05) is 11.9 Å². The van der Waals surface area contributed by atoms with Gasteiger partial charge in [-0.2, -0.15) is 13.2 Å². The monoisotopic (exact) mass is 503 g/mol. The number of carboxylic acid groups (broad SMARTS) is 1. The lowest BCUT2D eigenvalue weighted by molar-refractivity contribution is -0.385. The van der Waals surface area contributed by atoms with E-state index in [1.807, 2.05) is 25.1 Å². The molecule has 0 bridgehead atoms. The summed E-state index contributed by atoms with van der Waals surface area (Å²) in [7, 11) is 0. The molecule has 190 valence electrons. The lowest BCUT2D eigenvalue weighted by atomic mass is 9.85. The van der Waals surface area contributed by atoms with Gasteiger partial charge < -0.3 is 15.3 Å². The first kappa shape index (κ1) is 25.1. The quantitative estimate of drug-likeness (QED) is 0.325. The number of hydrogen-bond donors (Lipinski definition) is 2. The van der Waals surface area contributed by atoms with E-state index in [-0.39, 0.29) is 23.5 Å². The molecular weight excluding hydrogens is 479 g/mol. The molecule has 1 amide bonds. The second-order valence-corrected chi connectivity index (χ2v) is 8.99. The van der Waals surface area contributed by atoms with Gasteiger partial charge in [0.1, 0.15) is 0 Å². The highest BCUT2D eigenvalue weighted by Gasteiger charge is 2.33. The first-order chi connectivity index (χ1) is 16.9. The van der Waals surface area contributed by atoms with Crippen LogP contribution >= 0.6 is 0 Å². The highest BCUT2D eigenvalue weighted by Crippen LogP contribution is 2.35. The molecule has 4 rings (SSSR count). The SMILES string of the molecule is CC(Nc1ncc2cc(C3CCN(C(=O)O)C(C)C3)ccc2n1)c1cc([N+](=O)[O-])cc(C(F)(F)F)c1. The minimum Gasteiger partial charge on any atom is -0.465 e. The Hall–Kier alpha value is -3.96. The Balaban J connectivity index is 1.53. The maximum atomic E-state index is 13.2. The number of halogens is 3. The average Bonchev–Trinajstić information content (AvgIpc) is 2.82. The molecule has 2 N–H and O–H groups in total. The van der Waals surface area contributed by atoms with Crippen molar-refractivity contribution in [3.05, 3.63) is 69.4 Å². The van der Waals surface area contributed by atoms with Gasteiger partial charge >= 0.3 is 12.3 Å². The van der Waals surface area contributed by atoms with Crippen molar-refractivity contribution >= 4 is 28.6 Å². The van der Waals surface area contributed by atoms with Crippen LogP contribution in [0.25, 0.3) is 10.9 Å². The highest BCUT2D eigenvalue weighted by atomic mass is 19.4. The number of fused-ring (bicyclic) bond motifs is 1. The second-order valence-electron chi connectivity index (χ2n) is 8.99. The number of nitro benzene ring substituents is 1. The third kappa shape index (κ3) is 5.31. The van der Waals surface area contributed by atoms with Crippen LogP contribution in [0.15, 0.2) is 42.6 Å². The Morgan fingerprint density at radius 2 is 2.03 bits per heavy atom. The third-order valence-corrected chi connectivity index (χ3v) is 6.52. The summed E-state index contributed by atoms with van der Waals surface area (Å²) in [5.41, 5.74) is 0.0139. The molecule has 9 nitrogen and oxygen atoms in total. The number of anilines is 1. The second kappa shape index (κ2) is 9.59. The van der Waals surface area contributed by atoms with Gasteiger partial charge in [0, 0.05) is 36.3 Å². The van der Waals surface area contributed by atoms with Gasteiger partial charge in [-0.3, -0.25) is 10.1 Å². The van der Waals surface area contributed by atoms with Crippen molar-refractivity contribution in [2.24, 2.45) is 0 Å². The Labute approximate surface area is 204 Å². The van der Waals surface area contributed by atoms with Gasteiger partial charge in [-0.25, -0.2) is 14.8 Å². The zero-order valence-electron chi connectivity index (χ0n) is 19.5. The molecule has 1 aromatic heterocycles. The molecule has 2 heterocycles. The van der Waals surface area contributed by atoms with Crippen molar-refractivity contribution in [2.45, 2.75) is 50.9 Å². The van der Waals surface area contributed by atoms with Crippen LogP contribution in [-0.4, -0.2) is 43.6 Å². The normalized spacial score (nSPS) is 19.2. The number of nitro groups is 1. The van der Waals surface area contributed by atoms with Crippen molar-refractivity contribution < 1.29 is 28.0 Å². The van der Waals surface area contributed by atoms with E-state index >= 15 is 0 Å². The van der Waals surface area contributed by atoms with E-state index in [9.17, 15) is 33.2 Å². The molecule has 2 aromatic carbocycles. The van der Waals surface area contributed by atoms with Crippen molar-refractivity contribution in [1.82, 2.24) is 14.9 Å². The summed E-state index contributed by atoms with van der Waals surface area (Å²) in [5.74, 6) is 0.376. The number of non-ortho nitro benzene ring substituents is 1. The van der Waals surface area contributed by atoms with Gasteiger partial charge in [0.05, 0.1) is 22.0 Å². The Bertz CT molecular complexity index is 1320. The first-order valence-corrected chi connectivity index (χ1v) is 11.3. The van der Waals surface area contributed by atoms with Gasteiger partial charge in [-0.05, 0) is 61.9 Å². The molecule has 36 heavy (non-hydrogen) atoms. The van der Waals surface area contributed by atoms with E-state index < -0.39 is 34.5 Å². The van der Waals surface area contributed by atoms with Crippen LogP contribution in [0, 0.1) is 10.1 Å². The molecule has 3 atom stereocenters. The molecule has 1 aliphatic rings. The van der Waals surface area contributed by atoms with Gasteiger partial charge in [-0.1, -0.05) is 6.07 Å². The molecule has 0 radical (unpaired) electrons. The van der Waals surface area contributed by atoms with E-state index in [4.69, 9.17) is 0 Å². The fourth-order valence-electron chi connectivity index (χ4n) is 4.57. The molecule has 3 unspecified atom stereocenters. The fourth-order valence-corrected chi connectivity index (χ4v) is 4.57. The molecular formula is C24H24F3N5O4. The number of nitrogens with one attached hydrogen (secondary N) is 1. The third-order valence-electron chi connectivity index (χ3n) is 6.52. The molecule has 1 saturated heterocycles. The smallest absolute Gasteiger partial charge is 0.416 e. The summed E-state index contributed by atoms with van der Waals surface area (Å²) in [6.07, 6.45) is -2.62. The molecule has 12 heteroatoms. The molecule has 0 saturated carbocycles. The summed E-state index contributed by atoms with van der Waals surface area (Å²) in [6.45, 7) is 3.92. The maximum Gasteiger partial charge on any atom is 0.416 e. The highest BCUT2D eigenvalue weighted by molar-refractivity contribution is 5.79. The van der Waals surface area contributed by atoms with Crippen LogP contribution in [0.3, 0.4) is 0 Å². The predicted molar refractivity (Wildman–Crippen MR) is 126 cm³/mol. The number of benzene rings is 2. The molecule has 0 aliphatic carbocycles. The van der Waals surface area contributed by atoms with Crippen molar-refractivity contribution in [3.63, 3.8) is 0 Å². The number of aromatic nitrogens is 2. The summed E-state index contributed by atoms with van der Waals surface area (Å²) < 4.78 is 39.7. The number of likely N-dealkylation sites (tertiary alicyclic amines) is 1. The maximum absolute atomic E-state index is 13.2. The minimum absolute atomic E-state index is 0.0809. The summed E-state index contributed by atoms with van der Waals surface area (Å²) in [6, 6.07) is 7.37. The zero-order valence-corrected chi connectivity index (χ0v) is 19.5. The Kier molecular flexibility index (Phi) is 6.70. The van der Waals surface area contributed by atoms with Crippen LogP contribution in [0.2, 0.25) is 0 Å². The van der Waals surface area contributed by atoms with Crippen LogP contribution in [0.5, 0.6) is 0 Å². The van der Waals surface area contributed by atoms with E-state index in [1.165, 1.54) is 4.90 Å². The molecule has 3 aromatic rings. The number of alkyl halides is 3. The number of nitrogens with zero attached hydrogens (tertiary/aromatic N) is 4. The first-order valence-electron chi connectivity index (χ1n) is 11.3. The van der Waals surface area contributed by atoms with Gasteiger partial charge in [0.15, 0.2) is 0 Å². The Morgan fingerprint density at radius 3 is 2.67 bits per heavy atom. The summed E-state index contributed by atoms with van der Waals surface area (Å²) in [4.78, 5) is 31.7. The van der Waals surface area contributed by atoms with Crippen molar-refractivity contribution in [3.8, 4) is 0 Å². The minimum atomic E-state index is -4.72. The number of carbonyl (C=O) groups is 1. The van der Waals surface area contributed by atoms with Crippen LogP contribution in [0.4, 0.5) is 29.6 Å². The van der Waals surface area contributed by atoms with Crippen molar-refractivity contribution in [1.29, 1.82) is 0 Å². The van der Waals surface area contributed by atoms with E-state index in [2.05, 4.69) is 15.3 Å².